The van der Waals surface area contributed by atoms with E-state index in [0.717, 1.165) is 4.83 Å². The molecular formula is C12H23BrN2. The highest BCUT2D eigenvalue weighted by Gasteiger charge is 2.17. The van der Waals surface area contributed by atoms with E-state index in [9.17, 15) is 0 Å². The molecule has 0 amide bonds. The average Bonchev–Trinajstić information content (AvgIpc) is 2.74. The lowest BCUT2D eigenvalue weighted by molar-refractivity contribution is 0.216. The largest absolute Gasteiger partial charge is 0.303 e. The Balaban J connectivity index is 1.53. The zero-order valence-corrected chi connectivity index (χ0v) is 11.2. The first kappa shape index (κ1) is 11.9. The van der Waals surface area contributed by atoms with Crippen molar-refractivity contribution in [2.24, 2.45) is 0 Å². The molecule has 0 N–H and O–H groups in total. The molecular weight excluding hydrogens is 252 g/mol. The number of alkyl halides is 1. The second-order valence-electron chi connectivity index (χ2n) is 4.92. The average molecular weight is 275 g/mol. The molecule has 2 aliphatic rings. The van der Waals surface area contributed by atoms with Gasteiger partial charge in [0.2, 0.25) is 0 Å². The van der Waals surface area contributed by atoms with Crippen LogP contribution in [0.15, 0.2) is 0 Å². The van der Waals surface area contributed by atoms with Crippen LogP contribution in [0.3, 0.4) is 0 Å². The zero-order valence-electron chi connectivity index (χ0n) is 9.63. The predicted octanol–water partition coefficient (Wildman–Crippen LogP) is 2.33. The molecule has 0 atom stereocenters. The molecule has 0 unspecified atom stereocenters. The van der Waals surface area contributed by atoms with Crippen LogP contribution < -0.4 is 0 Å². The van der Waals surface area contributed by atoms with E-state index in [-0.39, 0.29) is 0 Å². The maximum absolute atomic E-state index is 3.70. The third-order valence-corrected chi connectivity index (χ3v) is 4.58. The van der Waals surface area contributed by atoms with Gasteiger partial charge in [-0.05, 0) is 71.4 Å². The van der Waals surface area contributed by atoms with E-state index in [1.165, 1.54) is 71.4 Å². The van der Waals surface area contributed by atoms with Crippen molar-refractivity contribution in [2.75, 3.05) is 39.3 Å². The van der Waals surface area contributed by atoms with Crippen molar-refractivity contribution in [1.29, 1.82) is 0 Å². The lowest BCUT2D eigenvalue weighted by atomic mass is 10.1. The first-order valence-electron chi connectivity index (χ1n) is 6.43. The highest BCUT2D eigenvalue weighted by atomic mass is 79.9. The van der Waals surface area contributed by atoms with Gasteiger partial charge in [0, 0.05) is 4.83 Å². The molecule has 0 spiro atoms. The molecule has 2 heterocycles. The number of halogens is 1. The Morgan fingerprint density at radius 1 is 0.867 bits per heavy atom. The minimum absolute atomic E-state index is 0.785. The Bertz CT molecular complexity index is 172. The maximum atomic E-state index is 3.70. The SMILES string of the molecule is BrC1CCN(CCCN2CCCC2)CC1. The lowest BCUT2D eigenvalue weighted by Gasteiger charge is -2.29. The highest BCUT2D eigenvalue weighted by molar-refractivity contribution is 9.09. The van der Waals surface area contributed by atoms with Crippen LogP contribution >= 0.6 is 15.9 Å². The van der Waals surface area contributed by atoms with Gasteiger partial charge < -0.3 is 9.80 Å². The van der Waals surface area contributed by atoms with Crippen molar-refractivity contribution >= 4 is 15.9 Å². The fraction of sp³-hybridized carbons (Fsp3) is 1.00. The maximum Gasteiger partial charge on any atom is 0.0170 e. The molecule has 0 aromatic heterocycles. The molecule has 3 heteroatoms. The van der Waals surface area contributed by atoms with E-state index in [1.807, 2.05) is 0 Å². The van der Waals surface area contributed by atoms with Crippen LogP contribution in [-0.2, 0) is 0 Å². The molecule has 88 valence electrons. The fourth-order valence-corrected chi connectivity index (χ4v) is 3.06. The second-order valence-corrected chi connectivity index (χ2v) is 6.21. The van der Waals surface area contributed by atoms with Crippen LogP contribution in [0.2, 0.25) is 0 Å². The molecule has 0 aromatic rings. The summed E-state index contributed by atoms with van der Waals surface area (Å²) in [6.45, 7) is 7.95. The van der Waals surface area contributed by atoms with Crippen LogP contribution in [0.1, 0.15) is 32.1 Å². The number of hydrogen-bond acceptors (Lipinski definition) is 2. The number of hydrogen-bond donors (Lipinski definition) is 0. The van der Waals surface area contributed by atoms with Gasteiger partial charge in [-0.15, -0.1) is 0 Å². The molecule has 0 aromatic carbocycles. The van der Waals surface area contributed by atoms with Crippen molar-refractivity contribution in [3.8, 4) is 0 Å². The number of piperidine rings is 1. The Morgan fingerprint density at radius 3 is 2.00 bits per heavy atom. The highest BCUT2D eigenvalue weighted by Crippen LogP contribution is 2.17. The molecule has 2 rings (SSSR count). The number of rotatable bonds is 4. The summed E-state index contributed by atoms with van der Waals surface area (Å²) in [5.41, 5.74) is 0. The molecule has 2 saturated heterocycles. The Kier molecular flexibility index (Phi) is 4.92. The van der Waals surface area contributed by atoms with Crippen molar-refractivity contribution in [3.63, 3.8) is 0 Å². The second kappa shape index (κ2) is 6.21. The van der Waals surface area contributed by atoms with E-state index in [4.69, 9.17) is 0 Å². The monoisotopic (exact) mass is 274 g/mol. The summed E-state index contributed by atoms with van der Waals surface area (Å²) in [4.78, 5) is 6.04. The predicted molar refractivity (Wildman–Crippen MR) is 68.7 cm³/mol. The van der Waals surface area contributed by atoms with Crippen molar-refractivity contribution in [2.45, 2.75) is 36.9 Å². The topological polar surface area (TPSA) is 6.48 Å². The fourth-order valence-electron chi connectivity index (χ4n) is 2.65. The summed E-state index contributed by atoms with van der Waals surface area (Å²) >= 11 is 3.70. The van der Waals surface area contributed by atoms with Gasteiger partial charge in [-0.1, -0.05) is 15.9 Å². The normalized spacial score (nSPS) is 26.2. The molecule has 2 fully saturated rings. The van der Waals surface area contributed by atoms with E-state index < -0.39 is 0 Å². The Morgan fingerprint density at radius 2 is 1.40 bits per heavy atom. The van der Waals surface area contributed by atoms with Crippen LogP contribution in [0.25, 0.3) is 0 Å². The van der Waals surface area contributed by atoms with Gasteiger partial charge in [0.15, 0.2) is 0 Å². The van der Waals surface area contributed by atoms with E-state index in [1.54, 1.807) is 0 Å². The van der Waals surface area contributed by atoms with Crippen LogP contribution in [0.4, 0.5) is 0 Å². The van der Waals surface area contributed by atoms with Crippen LogP contribution in [0.5, 0.6) is 0 Å². The van der Waals surface area contributed by atoms with E-state index in [2.05, 4.69) is 25.7 Å². The zero-order chi connectivity index (χ0) is 10.5. The Labute approximate surface area is 102 Å². The van der Waals surface area contributed by atoms with Crippen molar-refractivity contribution in [3.05, 3.63) is 0 Å². The van der Waals surface area contributed by atoms with Crippen molar-refractivity contribution in [1.82, 2.24) is 9.80 Å². The van der Waals surface area contributed by atoms with Gasteiger partial charge in [0.1, 0.15) is 0 Å². The third-order valence-electron chi connectivity index (χ3n) is 3.66. The van der Waals surface area contributed by atoms with E-state index in [0.29, 0.717) is 0 Å². The van der Waals surface area contributed by atoms with E-state index >= 15 is 0 Å². The first-order valence-corrected chi connectivity index (χ1v) is 7.35. The van der Waals surface area contributed by atoms with Crippen LogP contribution in [0, 0.1) is 0 Å². The van der Waals surface area contributed by atoms with Gasteiger partial charge in [-0.25, -0.2) is 0 Å². The van der Waals surface area contributed by atoms with Gasteiger partial charge in [0.05, 0.1) is 0 Å². The Hall–Kier alpha value is 0.400. The summed E-state index contributed by atoms with van der Waals surface area (Å²) in [6, 6.07) is 0. The van der Waals surface area contributed by atoms with Gasteiger partial charge in [-0.3, -0.25) is 0 Å². The van der Waals surface area contributed by atoms with Gasteiger partial charge in [-0.2, -0.15) is 0 Å². The quantitative estimate of drug-likeness (QED) is 0.727. The number of nitrogens with zero attached hydrogens (tertiary/aromatic N) is 2. The summed E-state index contributed by atoms with van der Waals surface area (Å²) in [6.07, 6.45) is 6.89. The van der Waals surface area contributed by atoms with Gasteiger partial charge >= 0.3 is 0 Å². The molecule has 2 nitrogen and oxygen atoms in total. The molecule has 0 aliphatic carbocycles. The smallest absolute Gasteiger partial charge is 0.0170 e. The molecule has 15 heavy (non-hydrogen) atoms. The van der Waals surface area contributed by atoms with Crippen LogP contribution in [-0.4, -0.2) is 53.9 Å². The summed E-state index contributed by atoms with van der Waals surface area (Å²) in [5.74, 6) is 0. The first-order chi connectivity index (χ1) is 7.34. The minimum Gasteiger partial charge on any atom is -0.303 e. The summed E-state index contributed by atoms with van der Waals surface area (Å²) in [5, 5.41) is 0. The standard InChI is InChI=1S/C12H23BrN2/c13-12-4-10-15(11-5-12)9-3-8-14-6-1-2-7-14/h12H,1-11H2. The van der Waals surface area contributed by atoms with Gasteiger partial charge in [0.25, 0.3) is 0 Å². The molecule has 0 radical (unpaired) electrons. The molecule has 0 bridgehead atoms. The third kappa shape index (κ3) is 4.04. The molecule has 2 aliphatic heterocycles. The minimum atomic E-state index is 0.785. The van der Waals surface area contributed by atoms with Crippen molar-refractivity contribution < 1.29 is 0 Å². The summed E-state index contributed by atoms with van der Waals surface area (Å²) < 4.78 is 0. The number of likely N-dealkylation sites (tertiary alicyclic amines) is 2. The molecule has 0 saturated carbocycles. The summed E-state index contributed by atoms with van der Waals surface area (Å²) in [7, 11) is 0. The lowest BCUT2D eigenvalue weighted by Crippen LogP contribution is -2.36.